The Morgan fingerprint density at radius 1 is 1.00 bits per heavy atom. The average Bonchev–Trinajstić information content (AvgIpc) is 2.44. The summed E-state index contributed by atoms with van der Waals surface area (Å²) in [4.78, 5) is 19.0. The van der Waals surface area contributed by atoms with Gasteiger partial charge >= 0.3 is 130 Å². The van der Waals surface area contributed by atoms with Gasteiger partial charge < -0.3 is 5.11 Å². The van der Waals surface area contributed by atoms with Crippen LogP contribution in [0.25, 0.3) is 0 Å². The number of carboxylic acid groups (broad SMARTS) is 2. The first kappa shape index (κ1) is 37.7. The van der Waals surface area contributed by atoms with Crippen LogP contribution < -0.4 is 0 Å². The molecule has 0 radical (unpaired) electrons. The van der Waals surface area contributed by atoms with Crippen LogP contribution in [0.4, 0.5) is 0 Å². The van der Waals surface area contributed by atoms with Gasteiger partial charge in [-0.3, -0.25) is 4.79 Å². The van der Waals surface area contributed by atoms with E-state index in [4.69, 9.17) is 10.2 Å². The van der Waals surface area contributed by atoms with Crippen molar-refractivity contribution < 1.29 is 19.8 Å². The van der Waals surface area contributed by atoms with Gasteiger partial charge in [0, 0.05) is 6.42 Å². The third kappa shape index (κ3) is 117. The summed E-state index contributed by atoms with van der Waals surface area (Å²) in [7, 11) is 0. The molecule has 2 N–H and O–H groups in total. The van der Waals surface area contributed by atoms with Gasteiger partial charge in [0.15, 0.2) is 0 Å². The number of hydrogen-bond donors (Lipinski definition) is 2. The maximum absolute atomic E-state index is 9.61. The summed E-state index contributed by atoms with van der Waals surface area (Å²) >= 11 is 7.19. The minimum absolute atomic E-state index is 0. The topological polar surface area (TPSA) is 74.6 Å². The Morgan fingerprint density at radius 2 is 1.25 bits per heavy atom. The van der Waals surface area contributed by atoms with E-state index < -0.39 is 11.9 Å². The zero-order valence-corrected chi connectivity index (χ0v) is 20.9. The largest absolute Gasteiger partial charge is 0.0626 e. The molecule has 0 aliphatic carbocycles. The maximum atomic E-state index is 9.61. The van der Waals surface area contributed by atoms with Crippen molar-refractivity contribution in [2.75, 3.05) is 0 Å². The van der Waals surface area contributed by atoms with Crippen molar-refractivity contribution in [2.45, 2.75) is 47.8 Å². The number of rotatable bonds is 4. The minimum atomic E-state index is -0.745. The van der Waals surface area contributed by atoms with Crippen molar-refractivity contribution in [3.63, 3.8) is 0 Å². The molecular formula is C10H29BO4Se5-2. The van der Waals surface area contributed by atoms with Crippen molar-refractivity contribution in [3.8, 4) is 0 Å². The molecule has 0 heterocycles. The Hall–Kier alpha value is 1.60. The Morgan fingerprint density at radius 3 is 1.25 bits per heavy atom. The maximum Gasteiger partial charge on any atom is -0.0626 e. The van der Waals surface area contributed by atoms with Crippen LogP contribution in [0.15, 0.2) is 0 Å². The fourth-order valence-electron chi connectivity index (χ4n) is 0.123. The molecule has 0 saturated heterocycles. The van der Waals surface area contributed by atoms with Gasteiger partial charge in [0.25, 0.3) is 0 Å². The summed E-state index contributed by atoms with van der Waals surface area (Å²) < 4.78 is 0. The van der Waals surface area contributed by atoms with Gasteiger partial charge in [-0.25, -0.2) is 0 Å². The SMILES string of the molecule is CCC(=O)O.C[Se-].C[SeH].C[Se]CC(=O)O.C[Se][Se]C.[BH4-]. The zero-order chi connectivity index (χ0) is 16.7. The Labute approximate surface area is 160 Å². The van der Waals surface area contributed by atoms with E-state index >= 15 is 0 Å². The van der Waals surface area contributed by atoms with E-state index in [9.17, 15) is 9.59 Å². The molecule has 0 aliphatic heterocycles. The Kier molecular flexibility index (Phi) is 93.9. The predicted molar refractivity (Wildman–Crippen MR) is 101 cm³/mol. The third-order valence-corrected chi connectivity index (χ3v) is 6.19. The summed E-state index contributed by atoms with van der Waals surface area (Å²) in [5.41, 5.74) is 0. The van der Waals surface area contributed by atoms with Gasteiger partial charge in [0.2, 0.25) is 0 Å². The second-order valence-electron chi connectivity index (χ2n) is 1.91. The molecule has 4 nitrogen and oxygen atoms in total. The molecule has 0 spiro atoms. The molecule has 0 aromatic heterocycles. The summed E-state index contributed by atoms with van der Waals surface area (Å²) in [5, 5.41) is 16.0. The molecular weight excluding hydrogens is 590 g/mol. The number of carbonyl (C=O) groups is 2. The Balaban J connectivity index is -0.0000000323. The number of aliphatic carboxylic acids is 2. The van der Waals surface area contributed by atoms with E-state index in [1.54, 1.807) is 6.92 Å². The van der Waals surface area contributed by atoms with Crippen LogP contribution >= 0.6 is 0 Å². The van der Waals surface area contributed by atoms with E-state index in [0.29, 0.717) is 20.3 Å². The molecule has 0 bridgehead atoms. The first-order valence-corrected chi connectivity index (χ1v) is 19.1. The third-order valence-electron chi connectivity index (χ3n) is 0.737. The molecule has 0 aliphatic rings. The summed E-state index contributed by atoms with van der Waals surface area (Å²) in [6, 6.07) is 0. The second kappa shape index (κ2) is 49.8. The molecule has 0 aromatic carbocycles. The second-order valence-corrected chi connectivity index (χ2v) is 12.4. The van der Waals surface area contributed by atoms with Crippen LogP contribution in [0.1, 0.15) is 13.3 Å². The summed E-state index contributed by atoms with van der Waals surface area (Å²) in [6.45, 7) is 1.60. The molecule has 0 saturated carbocycles. The molecule has 0 rings (SSSR count). The summed E-state index contributed by atoms with van der Waals surface area (Å²) in [5.74, 6) is 8.83. The van der Waals surface area contributed by atoms with Gasteiger partial charge in [-0.2, -0.15) is 0 Å². The van der Waals surface area contributed by atoms with Crippen LogP contribution in [0.2, 0.25) is 34.4 Å². The van der Waals surface area contributed by atoms with Crippen LogP contribution in [-0.2, 0) is 9.59 Å². The van der Waals surface area contributed by atoms with Crippen molar-refractivity contribution >= 4 is 93.6 Å². The molecule has 0 fully saturated rings. The van der Waals surface area contributed by atoms with Crippen LogP contribution in [0, 0.1) is 0 Å². The van der Waals surface area contributed by atoms with Gasteiger partial charge in [-0.1, -0.05) is 15.3 Å². The fourth-order valence-corrected chi connectivity index (χ4v) is 0.642. The first-order chi connectivity index (χ1) is 8.95. The molecule has 20 heavy (non-hydrogen) atoms. The van der Waals surface area contributed by atoms with Gasteiger partial charge in [0.05, 0.1) is 0 Å². The van der Waals surface area contributed by atoms with E-state index in [1.807, 2.05) is 17.5 Å². The van der Waals surface area contributed by atoms with E-state index in [1.165, 1.54) is 0 Å². The number of hydrogen-bond acceptors (Lipinski definition) is 2. The molecule has 0 amide bonds. The molecule has 0 unspecified atom stereocenters. The summed E-state index contributed by atoms with van der Waals surface area (Å²) in [6.07, 6.45) is 0.222. The van der Waals surface area contributed by atoms with Crippen LogP contribution in [0.3, 0.4) is 0 Å². The monoisotopic (exact) mass is 624 g/mol. The van der Waals surface area contributed by atoms with Crippen LogP contribution in [0.5, 0.6) is 0 Å². The van der Waals surface area contributed by atoms with Gasteiger partial charge in [0.1, 0.15) is 0 Å². The van der Waals surface area contributed by atoms with Crippen molar-refractivity contribution in [3.05, 3.63) is 0 Å². The van der Waals surface area contributed by atoms with Crippen molar-refractivity contribution in [1.29, 1.82) is 0 Å². The molecule has 10 heteroatoms. The quantitative estimate of drug-likeness (QED) is 0.429. The van der Waals surface area contributed by atoms with Crippen molar-refractivity contribution in [1.82, 2.24) is 0 Å². The molecule has 0 atom stereocenters. The smallest absolute Gasteiger partial charge is 0.0626 e. The first-order valence-electron chi connectivity index (χ1n) is 4.81. The van der Waals surface area contributed by atoms with E-state index in [-0.39, 0.29) is 14.8 Å². The zero-order valence-electron chi connectivity index (χ0n) is 12.2. The van der Waals surface area contributed by atoms with Gasteiger partial charge in [-0.15, -0.1) is 0 Å². The predicted octanol–water partition coefficient (Wildman–Crippen LogP) is -0.185. The average molecular weight is 619 g/mol. The van der Waals surface area contributed by atoms with Gasteiger partial charge in [-0.05, 0) is 0 Å². The fraction of sp³-hybridized carbons (Fsp3) is 0.800. The Bertz CT molecular complexity index is 163. The van der Waals surface area contributed by atoms with E-state index in [0.717, 1.165) is 26.3 Å². The minimum Gasteiger partial charge on any atom is -0.0626 e. The van der Waals surface area contributed by atoms with E-state index in [2.05, 4.69) is 43.7 Å². The number of carboxylic acids is 2. The molecule has 128 valence electrons. The molecule has 0 aromatic rings. The normalized spacial score (nSPS) is 6.40. The standard InChI is InChI=1S/C3H6O2Se.C3H6O2.C2H6Se2.2CH4Se.BH4/c1-6-2-3(4)5;1-2-3(4)5;1-3-4-2;2*1-2;/h2H2,1H3,(H,4,5);2H2,1H3,(H,4,5);1-2H3;2*2H,1H3;1H4/q;;;;;-1/p-1. The van der Waals surface area contributed by atoms with Crippen LogP contribution in [-0.4, -0.2) is 104 Å². The van der Waals surface area contributed by atoms with Crippen molar-refractivity contribution in [2.24, 2.45) is 0 Å².